The normalized spacial score (nSPS) is 11.3. The highest BCUT2D eigenvalue weighted by Crippen LogP contribution is 2.26. The van der Waals surface area contributed by atoms with Crippen molar-refractivity contribution in [3.63, 3.8) is 0 Å². The molecule has 0 fully saturated rings. The molecule has 0 bridgehead atoms. The first kappa shape index (κ1) is 20.5. The smallest absolute Gasteiger partial charge is 0.267 e. The quantitative estimate of drug-likeness (QED) is 0.477. The molecule has 0 saturated carbocycles. The van der Waals surface area contributed by atoms with Crippen LogP contribution in [-0.2, 0) is 10.0 Å². The molecular weight excluding hydrogens is 426 g/mol. The van der Waals surface area contributed by atoms with Crippen LogP contribution in [-0.4, -0.2) is 23.0 Å². The zero-order valence-corrected chi connectivity index (χ0v) is 17.0. The highest BCUT2D eigenvalue weighted by Gasteiger charge is 2.23. The van der Waals surface area contributed by atoms with Crippen LogP contribution >= 0.6 is 0 Å². The number of rotatable bonds is 6. The molecule has 0 aliphatic carbocycles. The van der Waals surface area contributed by atoms with Gasteiger partial charge in [0.1, 0.15) is 29.0 Å². The van der Waals surface area contributed by atoms with E-state index in [-0.39, 0.29) is 5.69 Å². The first-order chi connectivity index (χ1) is 14.8. The monoisotopic (exact) mass is 442 g/mol. The van der Waals surface area contributed by atoms with E-state index in [0.29, 0.717) is 23.3 Å². The van der Waals surface area contributed by atoms with E-state index in [0.717, 1.165) is 18.2 Å². The Bertz CT molecular complexity index is 1310. The lowest BCUT2D eigenvalue weighted by atomic mass is 10.3. The van der Waals surface area contributed by atoms with E-state index >= 15 is 0 Å². The Hall–Kier alpha value is -3.79. The molecule has 2 heterocycles. The van der Waals surface area contributed by atoms with Crippen LogP contribution in [0.1, 0.15) is 5.82 Å². The Morgan fingerprint density at radius 2 is 1.58 bits per heavy atom. The number of aryl methyl sites for hydroxylation is 1. The van der Waals surface area contributed by atoms with Gasteiger partial charge >= 0.3 is 0 Å². The van der Waals surface area contributed by atoms with Crippen molar-refractivity contribution in [3.8, 4) is 17.4 Å². The van der Waals surface area contributed by atoms with Crippen molar-refractivity contribution in [1.82, 2.24) is 14.5 Å². The van der Waals surface area contributed by atoms with E-state index in [4.69, 9.17) is 4.74 Å². The van der Waals surface area contributed by atoms with Crippen LogP contribution < -0.4 is 9.46 Å². The molecule has 2 aromatic heterocycles. The molecule has 0 aliphatic heterocycles. The third-order valence-corrected chi connectivity index (χ3v) is 5.62. The fraction of sp³-hybridized carbons (Fsp3) is 0.0476. The predicted octanol–water partition coefficient (Wildman–Crippen LogP) is 4.45. The number of hydrogen-bond acceptors (Lipinski definition) is 5. The zero-order chi connectivity index (χ0) is 22.0. The summed E-state index contributed by atoms with van der Waals surface area (Å²) in [6.45, 7) is 1.74. The van der Waals surface area contributed by atoms with Gasteiger partial charge in [-0.15, -0.1) is 0 Å². The van der Waals surface area contributed by atoms with Gasteiger partial charge in [0, 0.05) is 24.1 Å². The second kappa shape index (κ2) is 8.15. The maximum atomic E-state index is 13.8. The van der Waals surface area contributed by atoms with Crippen molar-refractivity contribution in [3.05, 3.63) is 90.5 Å². The van der Waals surface area contributed by atoms with Gasteiger partial charge in [0.15, 0.2) is 4.90 Å². The van der Waals surface area contributed by atoms with E-state index in [2.05, 4.69) is 14.7 Å². The van der Waals surface area contributed by atoms with E-state index in [1.807, 2.05) is 24.5 Å². The molecule has 4 aromatic rings. The molecule has 1 N–H and O–H groups in total. The second-order valence-electron chi connectivity index (χ2n) is 6.48. The van der Waals surface area contributed by atoms with Crippen molar-refractivity contribution < 1.29 is 21.9 Å². The average Bonchev–Trinajstić information content (AvgIpc) is 3.23. The molecule has 7 nitrogen and oxygen atoms in total. The minimum Gasteiger partial charge on any atom is -0.439 e. The number of anilines is 1. The van der Waals surface area contributed by atoms with E-state index in [9.17, 15) is 17.2 Å². The molecule has 2 aromatic carbocycles. The van der Waals surface area contributed by atoms with Gasteiger partial charge in [-0.05, 0) is 55.5 Å². The van der Waals surface area contributed by atoms with Crippen molar-refractivity contribution >= 4 is 15.7 Å². The van der Waals surface area contributed by atoms with E-state index in [1.165, 1.54) is 24.3 Å². The maximum absolute atomic E-state index is 13.8. The van der Waals surface area contributed by atoms with Gasteiger partial charge in [-0.25, -0.2) is 22.2 Å². The fourth-order valence-electron chi connectivity index (χ4n) is 2.85. The summed E-state index contributed by atoms with van der Waals surface area (Å²) in [6, 6.07) is 14.1. The van der Waals surface area contributed by atoms with E-state index in [1.54, 1.807) is 17.6 Å². The summed E-state index contributed by atoms with van der Waals surface area (Å²) < 4.78 is 62.1. The summed E-state index contributed by atoms with van der Waals surface area (Å²) >= 11 is 0. The number of sulfonamides is 1. The van der Waals surface area contributed by atoms with Crippen molar-refractivity contribution in [2.75, 3.05) is 4.72 Å². The van der Waals surface area contributed by atoms with Crippen LogP contribution in [0.5, 0.6) is 11.6 Å². The SMILES string of the molecule is Cc1nc(Oc2ccc(NS(=O)(=O)c3c(F)cccc3F)cc2)cc(-n2cccc2)n1. The van der Waals surface area contributed by atoms with Crippen LogP contribution in [0, 0.1) is 18.6 Å². The predicted molar refractivity (Wildman–Crippen MR) is 110 cm³/mol. The summed E-state index contributed by atoms with van der Waals surface area (Å²) in [5.41, 5.74) is 0.113. The molecule has 158 valence electrons. The van der Waals surface area contributed by atoms with Gasteiger partial charge in [0.05, 0.1) is 0 Å². The highest BCUT2D eigenvalue weighted by molar-refractivity contribution is 7.92. The molecule has 31 heavy (non-hydrogen) atoms. The van der Waals surface area contributed by atoms with Crippen molar-refractivity contribution in [1.29, 1.82) is 0 Å². The number of nitrogens with one attached hydrogen (secondary N) is 1. The highest BCUT2D eigenvalue weighted by atomic mass is 32.2. The minimum atomic E-state index is -4.45. The molecule has 0 saturated heterocycles. The second-order valence-corrected chi connectivity index (χ2v) is 8.10. The molecule has 0 radical (unpaired) electrons. The number of aromatic nitrogens is 3. The summed E-state index contributed by atoms with van der Waals surface area (Å²) in [6.07, 6.45) is 3.68. The Morgan fingerprint density at radius 1 is 0.935 bits per heavy atom. The van der Waals surface area contributed by atoms with Crippen LogP contribution in [0.3, 0.4) is 0 Å². The molecule has 0 unspecified atom stereocenters. The fourth-order valence-corrected chi connectivity index (χ4v) is 4.05. The maximum Gasteiger partial charge on any atom is 0.267 e. The number of nitrogens with zero attached hydrogens (tertiary/aromatic N) is 3. The van der Waals surface area contributed by atoms with Crippen molar-refractivity contribution in [2.24, 2.45) is 0 Å². The first-order valence-corrected chi connectivity index (χ1v) is 10.5. The van der Waals surface area contributed by atoms with Gasteiger partial charge < -0.3 is 9.30 Å². The number of hydrogen-bond donors (Lipinski definition) is 1. The third-order valence-electron chi connectivity index (χ3n) is 4.19. The average molecular weight is 442 g/mol. The summed E-state index contributed by atoms with van der Waals surface area (Å²) in [5.74, 6) is -0.522. The third kappa shape index (κ3) is 4.53. The van der Waals surface area contributed by atoms with Crippen LogP contribution in [0.4, 0.5) is 14.5 Å². The lowest BCUT2D eigenvalue weighted by Crippen LogP contribution is -2.16. The summed E-state index contributed by atoms with van der Waals surface area (Å²) in [7, 11) is -4.45. The minimum absolute atomic E-state index is 0.113. The van der Waals surface area contributed by atoms with Crippen LogP contribution in [0.25, 0.3) is 5.82 Å². The lowest BCUT2D eigenvalue weighted by Gasteiger charge is -2.11. The topological polar surface area (TPSA) is 86.1 Å². The molecule has 0 atom stereocenters. The summed E-state index contributed by atoms with van der Waals surface area (Å²) in [4.78, 5) is 7.55. The first-order valence-electron chi connectivity index (χ1n) is 9.05. The molecular formula is C21H16F2N4O3S. The Kier molecular flexibility index (Phi) is 5.38. The summed E-state index contributed by atoms with van der Waals surface area (Å²) in [5, 5.41) is 0. The Balaban J connectivity index is 1.53. The standard InChI is InChI=1S/C21H16F2N4O3S/c1-14-24-19(27-11-2-3-12-27)13-20(25-14)30-16-9-7-15(8-10-16)26-31(28,29)21-17(22)5-4-6-18(21)23/h2-13,26H,1H3. The molecule has 10 heteroatoms. The zero-order valence-electron chi connectivity index (χ0n) is 16.2. The Morgan fingerprint density at radius 3 is 2.23 bits per heavy atom. The number of halogens is 2. The van der Waals surface area contributed by atoms with Gasteiger partial charge in [0.2, 0.25) is 5.88 Å². The molecule has 4 rings (SSSR count). The molecule has 0 amide bonds. The van der Waals surface area contributed by atoms with Gasteiger partial charge in [0.25, 0.3) is 10.0 Å². The van der Waals surface area contributed by atoms with Crippen LogP contribution in [0.2, 0.25) is 0 Å². The number of ether oxygens (including phenoxy) is 1. The van der Waals surface area contributed by atoms with Gasteiger partial charge in [-0.2, -0.15) is 4.98 Å². The lowest BCUT2D eigenvalue weighted by molar-refractivity contribution is 0.459. The Labute approximate surface area is 177 Å². The van der Waals surface area contributed by atoms with E-state index < -0.39 is 26.6 Å². The van der Waals surface area contributed by atoms with Gasteiger partial charge in [-0.3, -0.25) is 4.72 Å². The number of benzene rings is 2. The van der Waals surface area contributed by atoms with Crippen LogP contribution in [0.15, 0.2) is 78.0 Å². The van der Waals surface area contributed by atoms with Gasteiger partial charge in [-0.1, -0.05) is 6.07 Å². The van der Waals surface area contributed by atoms with Crippen molar-refractivity contribution in [2.45, 2.75) is 11.8 Å². The largest absolute Gasteiger partial charge is 0.439 e. The molecule has 0 spiro atoms. The molecule has 0 aliphatic rings.